The average molecular weight is 344 g/mol. The Labute approximate surface area is 152 Å². The first kappa shape index (κ1) is 17.4. The van der Waals surface area contributed by atoms with Crippen LogP contribution >= 0.6 is 0 Å². The summed E-state index contributed by atoms with van der Waals surface area (Å²) in [5.74, 6) is 1.17. The molecule has 3 nitrogen and oxygen atoms in total. The Morgan fingerprint density at radius 2 is 1.96 bits per heavy atom. The van der Waals surface area contributed by atoms with E-state index in [-0.39, 0.29) is 11.5 Å². The second-order valence-electron chi connectivity index (χ2n) is 8.91. The molecule has 1 aromatic carbocycles. The van der Waals surface area contributed by atoms with Gasteiger partial charge in [0.2, 0.25) is 0 Å². The van der Waals surface area contributed by atoms with E-state index in [1.807, 2.05) is 12.1 Å². The summed E-state index contributed by atoms with van der Waals surface area (Å²) in [4.78, 5) is 2.46. The Balaban J connectivity index is 1.82. The minimum Gasteiger partial charge on any atom is -0.508 e. The summed E-state index contributed by atoms with van der Waals surface area (Å²) in [5.41, 5.74) is 1.69. The highest BCUT2D eigenvalue weighted by atomic mass is 16.3. The highest BCUT2D eigenvalue weighted by Crippen LogP contribution is 2.56. The van der Waals surface area contributed by atoms with Crippen molar-refractivity contribution in [1.29, 1.82) is 0 Å². The fourth-order valence-corrected chi connectivity index (χ4v) is 5.95. The molecule has 1 aromatic rings. The minimum atomic E-state index is -0.675. The first-order chi connectivity index (χ1) is 12.0. The summed E-state index contributed by atoms with van der Waals surface area (Å²) in [7, 11) is 2.22. The van der Waals surface area contributed by atoms with Crippen LogP contribution < -0.4 is 0 Å². The van der Waals surface area contributed by atoms with Crippen LogP contribution in [0.5, 0.6) is 5.75 Å². The van der Waals surface area contributed by atoms with Crippen LogP contribution in [0.3, 0.4) is 0 Å². The van der Waals surface area contributed by atoms with Gasteiger partial charge in [-0.25, -0.2) is 0 Å². The van der Waals surface area contributed by atoms with Gasteiger partial charge in [-0.3, -0.25) is 4.90 Å². The van der Waals surface area contributed by atoms with Gasteiger partial charge in [-0.15, -0.1) is 0 Å². The molecule has 0 aromatic heterocycles. The van der Waals surface area contributed by atoms with Crippen molar-refractivity contribution in [2.24, 2.45) is 5.92 Å². The topological polar surface area (TPSA) is 43.7 Å². The van der Waals surface area contributed by atoms with E-state index in [4.69, 9.17) is 0 Å². The third-order valence-corrected chi connectivity index (χ3v) is 7.27. The molecule has 0 amide bonds. The predicted octanol–water partition coefficient (Wildman–Crippen LogP) is 4.00. The van der Waals surface area contributed by atoms with Crippen LogP contribution in [0.15, 0.2) is 18.2 Å². The molecule has 0 radical (unpaired) electrons. The number of phenols is 1. The SMILES string of the molecule is CCC[C@]12CCCCC1(O)C(N(C)CC1CC1)Cc1ccc(O)cc12. The number of hydrogen-bond donors (Lipinski definition) is 2. The molecule has 2 unspecified atom stereocenters. The number of hydrogen-bond acceptors (Lipinski definition) is 3. The normalized spacial score (nSPS) is 34.6. The maximum atomic E-state index is 12.2. The number of aromatic hydroxyl groups is 1. The molecule has 2 saturated carbocycles. The van der Waals surface area contributed by atoms with E-state index in [1.165, 1.54) is 30.4 Å². The van der Waals surface area contributed by atoms with Crippen LogP contribution in [-0.4, -0.2) is 40.3 Å². The largest absolute Gasteiger partial charge is 0.508 e. The van der Waals surface area contributed by atoms with Gasteiger partial charge in [0.05, 0.1) is 5.60 Å². The Morgan fingerprint density at radius 1 is 1.20 bits per heavy atom. The van der Waals surface area contributed by atoms with Gasteiger partial charge in [-0.1, -0.05) is 32.3 Å². The first-order valence-electron chi connectivity index (χ1n) is 10.2. The lowest BCUT2D eigenvalue weighted by Gasteiger charge is -2.60. The van der Waals surface area contributed by atoms with Gasteiger partial charge < -0.3 is 10.2 Å². The molecule has 2 fully saturated rings. The zero-order chi connectivity index (χ0) is 17.7. The summed E-state index contributed by atoms with van der Waals surface area (Å²) < 4.78 is 0. The molecule has 3 atom stereocenters. The molecule has 0 bridgehead atoms. The quantitative estimate of drug-likeness (QED) is 0.849. The highest BCUT2D eigenvalue weighted by molar-refractivity contribution is 5.47. The van der Waals surface area contributed by atoms with Crippen molar-refractivity contribution in [1.82, 2.24) is 4.90 Å². The zero-order valence-corrected chi connectivity index (χ0v) is 15.8. The molecule has 3 aliphatic carbocycles. The number of phenolic OH excluding ortho intramolecular Hbond substituents is 1. The number of nitrogens with zero attached hydrogens (tertiary/aromatic N) is 1. The van der Waals surface area contributed by atoms with E-state index < -0.39 is 5.60 Å². The number of fused-ring (bicyclic) bond motifs is 3. The second-order valence-corrected chi connectivity index (χ2v) is 8.91. The van der Waals surface area contributed by atoms with Gasteiger partial charge in [0, 0.05) is 18.0 Å². The summed E-state index contributed by atoms with van der Waals surface area (Å²) in [6.07, 6.45) is 9.90. The van der Waals surface area contributed by atoms with Crippen molar-refractivity contribution in [3.05, 3.63) is 29.3 Å². The van der Waals surface area contributed by atoms with E-state index in [0.29, 0.717) is 5.75 Å². The van der Waals surface area contributed by atoms with Crippen molar-refractivity contribution < 1.29 is 10.2 Å². The Hall–Kier alpha value is -1.06. The zero-order valence-electron chi connectivity index (χ0n) is 15.8. The fraction of sp³-hybridized carbons (Fsp3) is 0.727. The minimum absolute atomic E-state index is 0.192. The van der Waals surface area contributed by atoms with Gasteiger partial charge >= 0.3 is 0 Å². The van der Waals surface area contributed by atoms with Gasteiger partial charge in [-0.05, 0) is 74.8 Å². The third-order valence-electron chi connectivity index (χ3n) is 7.27. The lowest BCUT2D eigenvalue weighted by atomic mass is 9.51. The van der Waals surface area contributed by atoms with Crippen molar-refractivity contribution in [3.8, 4) is 5.75 Å². The van der Waals surface area contributed by atoms with Gasteiger partial charge in [0.25, 0.3) is 0 Å². The van der Waals surface area contributed by atoms with E-state index in [0.717, 1.165) is 51.0 Å². The maximum absolute atomic E-state index is 12.2. The Kier molecular flexibility index (Phi) is 4.36. The molecule has 0 saturated heterocycles. The summed E-state index contributed by atoms with van der Waals surface area (Å²) in [6, 6.07) is 6.08. The maximum Gasteiger partial charge on any atom is 0.115 e. The molecule has 138 valence electrons. The smallest absolute Gasteiger partial charge is 0.115 e. The summed E-state index contributed by atoms with van der Waals surface area (Å²) >= 11 is 0. The first-order valence-corrected chi connectivity index (χ1v) is 10.2. The lowest BCUT2D eigenvalue weighted by Crippen LogP contribution is -2.68. The molecule has 3 heteroatoms. The highest BCUT2D eigenvalue weighted by Gasteiger charge is 2.60. The van der Waals surface area contributed by atoms with E-state index >= 15 is 0 Å². The molecule has 25 heavy (non-hydrogen) atoms. The standard InChI is InChI=1S/C22H33NO2/c1-3-10-21-11-4-5-12-22(21,25)20(23(2)15-16-6-7-16)13-17-8-9-18(24)14-19(17)21/h8-9,14,16,20,24-25H,3-7,10-13,15H2,1-2H3/t20?,21-,22?/m1/s1. The molecule has 3 aliphatic rings. The predicted molar refractivity (Wildman–Crippen MR) is 101 cm³/mol. The molecular formula is C22H33NO2. The number of rotatable bonds is 5. The van der Waals surface area contributed by atoms with E-state index in [2.05, 4.69) is 24.9 Å². The van der Waals surface area contributed by atoms with E-state index in [9.17, 15) is 10.2 Å². The molecule has 0 aliphatic heterocycles. The van der Waals surface area contributed by atoms with Gasteiger partial charge in [0.1, 0.15) is 5.75 Å². The molecular weight excluding hydrogens is 310 g/mol. The lowest BCUT2D eigenvalue weighted by molar-refractivity contribution is -0.135. The van der Waals surface area contributed by atoms with Crippen molar-refractivity contribution in [2.45, 2.75) is 81.8 Å². The molecule has 0 heterocycles. The van der Waals surface area contributed by atoms with Gasteiger partial charge in [0.15, 0.2) is 0 Å². The third kappa shape index (κ3) is 2.71. The number of aliphatic hydroxyl groups is 1. The second kappa shape index (κ2) is 6.28. The van der Waals surface area contributed by atoms with Crippen LogP contribution in [0.25, 0.3) is 0 Å². The Morgan fingerprint density at radius 3 is 2.68 bits per heavy atom. The fourth-order valence-electron chi connectivity index (χ4n) is 5.95. The average Bonchev–Trinajstić information content (AvgIpc) is 3.39. The Bertz CT molecular complexity index is 637. The number of likely N-dealkylation sites (N-methyl/N-ethyl adjacent to an activating group) is 1. The van der Waals surface area contributed by atoms with Crippen molar-refractivity contribution >= 4 is 0 Å². The van der Waals surface area contributed by atoms with Crippen LogP contribution in [0.1, 0.15) is 69.4 Å². The monoisotopic (exact) mass is 343 g/mol. The van der Waals surface area contributed by atoms with Crippen LogP contribution in [0.2, 0.25) is 0 Å². The molecule has 4 rings (SSSR count). The van der Waals surface area contributed by atoms with Crippen LogP contribution in [0, 0.1) is 5.92 Å². The van der Waals surface area contributed by atoms with Gasteiger partial charge in [-0.2, -0.15) is 0 Å². The molecule has 2 N–H and O–H groups in total. The van der Waals surface area contributed by atoms with Crippen molar-refractivity contribution in [3.63, 3.8) is 0 Å². The molecule has 0 spiro atoms. The van der Waals surface area contributed by atoms with E-state index in [1.54, 1.807) is 0 Å². The summed E-state index contributed by atoms with van der Waals surface area (Å²) in [5, 5.41) is 22.3. The number of benzene rings is 1. The van der Waals surface area contributed by atoms with Crippen LogP contribution in [0.4, 0.5) is 0 Å². The van der Waals surface area contributed by atoms with Crippen molar-refractivity contribution in [2.75, 3.05) is 13.6 Å². The summed E-state index contributed by atoms with van der Waals surface area (Å²) in [6.45, 7) is 3.34. The van der Waals surface area contributed by atoms with Crippen LogP contribution in [-0.2, 0) is 11.8 Å².